The van der Waals surface area contributed by atoms with Crippen LogP contribution in [0.15, 0.2) is 88.7 Å². The van der Waals surface area contributed by atoms with Crippen molar-refractivity contribution in [1.82, 2.24) is 4.31 Å². The zero-order valence-electron chi connectivity index (χ0n) is 20.7. The monoisotopic (exact) mass is 566 g/mol. The summed E-state index contributed by atoms with van der Waals surface area (Å²) in [7, 11) is -3.83. The lowest BCUT2D eigenvalue weighted by Gasteiger charge is -2.42. The highest BCUT2D eigenvalue weighted by atomic mass is 32.2. The van der Waals surface area contributed by atoms with Gasteiger partial charge in [0.25, 0.3) is 0 Å². The minimum absolute atomic E-state index is 0.111. The second-order valence-electron chi connectivity index (χ2n) is 9.30. The van der Waals surface area contributed by atoms with Crippen LogP contribution in [0.4, 0.5) is 18.9 Å². The summed E-state index contributed by atoms with van der Waals surface area (Å²) < 4.78 is 74.1. The van der Waals surface area contributed by atoms with E-state index in [9.17, 15) is 26.7 Å². The Morgan fingerprint density at radius 2 is 1.61 bits per heavy atom. The van der Waals surface area contributed by atoms with E-state index in [4.69, 9.17) is 4.74 Å². The van der Waals surface area contributed by atoms with Crippen LogP contribution >= 0.6 is 12.6 Å². The quantitative estimate of drug-likeness (QED) is 0.382. The van der Waals surface area contributed by atoms with Gasteiger partial charge in [0.1, 0.15) is 0 Å². The van der Waals surface area contributed by atoms with Gasteiger partial charge in [-0.15, -0.1) is 12.6 Å². The van der Waals surface area contributed by atoms with Crippen LogP contribution in [0, 0.1) is 0 Å². The molecule has 0 aliphatic carbocycles. The molecule has 204 valence electrons. The number of nitrogens with zero attached hydrogens (tertiary/aromatic N) is 2. The molecule has 11 heteroatoms. The van der Waals surface area contributed by atoms with E-state index in [0.717, 1.165) is 5.56 Å². The van der Waals surface area contributed by atoms with E-state index < -0.39 is 27.8 Å². The fraction of sp³-hybridized carbons (Fsp3) is 0.333. The maximum absolute atomic E-state index is 13.4. The number of benzene rings is 3. The van der Waals surface area contributed by atoms with Crippen molar-refractivity contribution >= 4 is 28.3 Å². The van der Waals surface area contributed by atoms with Crippen LogP contribution in [-0.4, -0.2) is 56.3 Å². The zero-order chi connectivity index (χ0) is 27.6. The lowest BCUT2D eigenvalue weighted by molar-refractivity contribution is -0.258. The molecule has 0 bridgehead atoms. The van der Waals surface area contributed by atoms with Crippen molar-refractivity contribution in [3.05, 3.63) is 90.0 Å². The number of hydrogen-bond donors (Lipinski definition) is 2. The first kappa shape index (κ1) is 28.4. The third-order valence-electron chi connectivity index (χ3n) is 6.66. The molecular formula is C27H29F3N2O4S2. The molecule has 0 radical (unpaired) electrons. The van der Waals surface area contributed by atoms with Crippen LogP contribution in [0.3, 0.4) is 0 Å². The molecule has 4 rings (SSSR count). The lowest BCUT2D eigenvalue weighted by atomic mass is 9.95. The Morgan fingerprint density at radius 1 is 0.974 bits per heavy atom. The van der Waals surface area contributed by atoms with Gasteiger partial charge in [-0.25, -0.2) is 8.42 Å². The number of halogens is 3. The number of alkyl halides is 3. The van der Waals surface area contributed by atoms with Crippen molar-refractivity contribution < 1.29 is 31.4 Å². The first-order chi connectivity index (χ1) is 17.9. The van der Waals surface area contributed by atoms with Gasteiger partial charge in [-0.3, -0.25) is 0 Å². The average molecular weight is 567 g/mol. The predicted molar refractivity (Wildman–Crippen MR) is 142 cm³/mol. The lowest BCUT2D eigenvalue weighted by Crippen LogP contribution is -2.56. The van der Waals surface area contributed by atoms with Crippen molar-refractivity contribution in [2.75, 3.05) is 31.1 Å². The van der Waals surface area contributed by atoms with Crippen LogP contribution in [0.1, 0.15) is 18.1 Å². The SMILES string of the molecule is CC(O)(c1ccc(N2CCN(S(=O)(=O)c3ccccc3S)C[C@@H]2COCc2ccccc2)cc1)C(F)(F)F. The summed E-state index contributed by atoms with van der Waals surface area (Å²) in [6.07, 6.45) is -4.83. The molecule has 1 aliphatic rings. The Hall–Kier alpha value is -2.57. The van der Waals surface area contributed by atoms with Gasteiger partial charge in [0, 0.05) is 30.2 Å². The smallest absolute Gasteiger partial charge is 0.376 e. The number of sulfonamides is 1. The number of thiol groups is 1. The minimum atomic E-state index is -4.83. The molecule has 1 unspecified atom stereocenters. The first-order valence-corrected chi connectivity index (χ1v) is 13.9. The molecule has 0 saturated carbocycles. The van der Waals surface area contributed by atoms with Gasteiger partial charge >= 0.3 is 6.18 Å². The maximum Gasteiger partial charge on any atom is 0.421 e. The molecule has 1 heterocycles. The number of aliphatic hydroxyl groups is 1. The van der Waals surface area contributed by atoms with Crippen LogP contribution in [-0.2, 0) is 27.0 Å². The van der Waals surface area contributed by atoms with Gasteiger partial charge in [-0.05, 0) is 42.3 Å². The molecule has 38 heavy (non-hydrogen) atoms. The van der Waals surface area contributed by atoms with Gasteiger partial charge in [0.15, 0.2) is 5.60 Å². The van der Waals surface area contributed by atoms with Gasteiger partial charge in [-0.1, -0.05) is 54.6 Å². The standard InChI is InChI=1S/C27H29F3N2O4S2/c1-26(33,27(28,29)30)21-11-13-22(14-12-21)32-16-15-31(38(34,35)25-10-6-5-9-24(25)37)17-23(32)19-36-18-20-7-3-2-4-8-20/h2-14,23,33,37H,15-19H2,1H3/t23-,26?/m1/s1. The first-order valence-electron chi connectivity index (χ1n) is 12.0. The summed E-state index contributed by atoms with van der Waals surface area (Å²) in [5, 5.41) is 10.0. The van der Waals surface area contributed by atoms with E-state index in [1.54, 1.807) is 18.2 Å². The van der Waals surface area contributed by atoms with Crippen molar-refractivity contribution in [3.63, 3.8) is 0 Å². The molecule has 1 saturated heterocycles. The van der Waals surface area contributed by atoms with E-state index in [1.165, 1.54) is 34.6 Å². The maximum atomic E-state index is 13.4. The normalized spacial score (nSPS) is 18.8. The summed E-state index contributed by atoms with van der Waals surface area (Å²) in [5.74, 6) is 0. The van der Waals surface area contributed by atoms with E-state index in [1.807, 2.05) is 35.2 Å². The number of piperazine rings is 1. The van der Waals surface area contributed by atoms with E-state index in [-0.39, 0.29) is 30.2 Å². The van der Waals surface area contributed by atoms with Crippen LogP contribution in [0.25, 0.3) is 0 Å². The Bertz CT molecular complexity index is 1330. The Labute approximate surface area is 226 Å². The number of ether oxygens (including phenoxy) is 1. The highest BCUT2D eigenvalue weighted by Crippen LogP contribution is 2.39. The van der Waals surface area contributed by atoms with Gasteiger partial charge in [0.2, 0.25) is 10.0 Å². The molecule has 1 N–H and O–H groups in total. The fourth-order valence-corrected chi connectivity index (χ4v) is 6.43. The molecule has 0 amide bonds. The Kier molecular flexibility index (Phi) is 8.43. The van der Waals surface area contributed by atoms with E-state index in [2.05, 4.69) is 12.6 Å². The van der Waals surface area contributed by atoms with Crippen molar-refractivity contribution in [2.24, 2.45) is 0 Å². The van der Waals surface area contributed by atoms with Gasteiger partial charge in [-0.2, -0.15) is 17.5 Å². The second-order valence-corrected chi connectivity index (χ2v) is 11.7. The van der Waals surface area contributed by atoms with Crippen molar-refractivity contribution in [3.8, 4) is 0 Å². The number of rotatable bonds is 8. The topological polar surface area (TPSA) is 70.1 Å². The fourth-order valence-electron chi connectivity index (χ4n) is 4.37. The third-order valence-corrected chi connectivity index (χ3v) is 9.13. The molecule has 2 atom stereocenters. The van der Waals surface area contributed by atoms with Crippen LogP contribution in [0.5, 0.6) is 0 Å². The van der Waals surface area contributed by atoms with Gasteiger partial charge in [0.05, 0.1) is 24.2 Å². The highest BCUT2D eigenvalue weighted by Gasteiger charge is 2.51. The minimum Gasteiger partial charge on any atom is -0.376 e. The molecule has 0 aromatic heterocycles. The number of anilines is 1. The van der Waals surface area contributed by atoms with E-state index >= 15 is 0 Å². The average Bonchev–Trinajstić information content (AvgIpc) is 2.89. The molecular weight excluding hydrogens is 537 g/mol. The summed E-state index contributed by atoms with van der Waals surface area (Å²) in [4.78, 5) is 2.38. The van der Waals surface area contributed by atoms with Crippen LogP contribution in [0.2, 0.25) is 0 Å². The Morgan fingerprint density at radius 3 is 2.24 bits per heavy atom. The summed E-state index contributed by atoms with van der Waals surface area (Å²) >= 11 is 4.32. The van der Waals surface area contributed by atoms with Crippen molar-refractivity contribution in [2.45, 2.75) is 41.1 Å². The largest absolute Gasteiger partial charge is 0.421 e. The summed E-state index contributed by atoms with van der Waals surface area (Å²) in [5.41, 5.74) is -1.71. The van der Waals surface area contributed by atoms with Crippen LogP contribution < -0.4 is 4.90 Å². The molecule has 1 fully saturated rings. The molecule has 1 aliphatic heterocycles. The number of hydrogen-bond acceptors (Lipinski definition) is 6. The summed E-state index contributed by atoms with van der Waals surface area (Å²) in [6, 6.07) is 21.1. The molecule has 3 aromatic carbocycles. The molecule has 0 spiro atoms. The molecule has 6 nitrogen and oxygen atoms in total. The third kappa shape index (κ3) is 6.02. The zero-order valence-corrected chi connectivity index (χ0v) is 22.4. The van der Waals surface area contributed by atoms with Gasteiger partial charge < -0.3 is 14.7 Å². The van der Waals surface area contributed by atoms with Crippen molar-refractivity contribution in [1.29, 1.82) is 0 Å². The summed E-state index contributed by atoms with van der Waals surface area (Å²) in [6.45, 7) is 1.80. The predicted octanol–water partition coefficient (Wildman–Crippen LogP) is 4.84. The van der Waals surface area contributed by atoms with E-state index in [0.29, 0.717) is 30.7 Å². The second kappa shape index (κ2) is 11.3. The molecule has 3 aromatic rings. The highest BCUT2D eigenvalue weighted by molar-refractivity contribution is 7.90. The Balaban J connectivity index is 1.58.